The van der Waals surface area contributed by atoms with Crippen LogP contribution in [0.1, 0.15) is 18.4 Å². The van der Waals surface area contributed by atoms with E-state index in [0.29, 0.717) is 22.2 Å². The molecule has 0 aromatic heterocycles. The predicted octanol–water partition coefficient (Wildman–Crippen LogP) is 3.85. The van der Waals surface area contributed by atoms with Gasteiger partial charge in [0.2, 0.25) is 0 Å². The van der Waals surface area contributed by atoms with E-state index in [2.05, 4.69) is 6.07 Å². The van der Waals surface area contributed by atoms with Crippen LogP contribution in [-0.2, 0) is 6.42 Å². The first-order chi connectivity index (χ1) is 7.60. The van der Waals surface area contributed by atoms with Crippen LogP contribution in [0.4, 0.5) is 0 Å². The molecule has 0 N–H and O–H groups in total. The van der Waals surface area contributed by atoms with Crippen LogP contribution in [0.2, 0.25) is 10.0 Å². The summed E-state index contributed by atoms with van der Waals surface area (Å²) in [4.78, 5) is 0. The van der Waals surface area contributed by atoms with Crippen molar-refractivity contribution in [3.05, 3.63) is 27.7 Å². The molecule has 0 amide bonds. The third-order valence-electron chi connectivity index (χ3n) is 2.94. The van der Waals surface area contributed by atoms with Crippen LogP contribution in [0.5, 0.6) is 5.75 Å². The molecule has 1 aromatic carbocycles. The fourth-order valence-electron chi connectivity index (χ4n) is 1.71. The van der Waals surface area contributed by atoms with Gasteiger partial charge in [0.25, 0.3) is 0 Å². The Morgan fingerprint density at radius 2 is 2.06 bits per heavy atom. The molecule has 1 fully saturated rings. The Hall–Kier alpha value is -0.910. The number of halogens is 2. The minimum Gasteiger partial charge on any atom is -0.495 e. The van der Waals surface area contributed by atoms with Crippen LogP contribution < -0.4 is 4.74 Å². The summed E-state index contributed by atoms with van der Waals surface area (Å²) in [6.07, 6.45) is 2.57. The highest BCUT2D eigenvalue weighted by molar-refractivity contribution is 6.34. The van der Waals surface area contributed by atoms with Gasteiger partial charge in [-0.15, -0.1) is 0 Å². The van der Waals surface area contributed by atoms with Crippen LogP contribution >= 0.6 is 23.2 Å². The molecule has 1 aromatic rings. The molecular formula is C12H11Cl2NO. The average molecular weight is 256 g/mol. The van der Waals surface area contributed by atoms with Crippen LogP contribution in [0, 0.1) is 16.7 Å². The van der Waals surface area contributed by atoms with Gasteiger partial charge < -0.3 is 4.74 Å². The number of rotatable bonds is 3. The fraction of sp³-hybridized carbons (Fsp3) is 0.417. The molecule has 1 saturated carbocycles. The van der Waals surface area contributed by atoms with E-state index < -0.39 is 0 Å². The number of hydrogen-bond acceptors (Lipinski definition) is 2. The Balaban J connectivity index is 2.29. The van der Waals surface area contributed by atoms with Gasteiger partial charge >= 0.3 is 0 Å². The lowest BCUT2D eigenvalue weighted by molar-refractivity contribution is 0.415. The van der Waals surface area contributed by atoms with Gasteiger partial charge in [0.15, 0.2) is 0 Å². The van der Waals surface area contributed by atoms with Gasteiger partial charge in [-0.25, -0.2) is 0 Å². The Morgan fingerprint density at radius 1 is 1.38 bits per heavy atom. The van der Waals surface area contributed by atoms with E-state index in [1.165, 1.54) is 0 Å². The van der Waals surface area contributed by atoms with Crippen molar-refractivity contribution in [3.63, 3.8) is 0 Å². The van der Waals surface area contributed by atoms with E-state index in [-0.39, 0.29) is 5.41 Å². The highest BCUT2D eigenvalue weighted by Crippen LogP contribution is 2.49. The van der Waals surface area contributed by atoms with Crippen molar-refractivity contribution in [2.45, 2.75) is 19.3 Å². The standard InChI is InChI=1S/C12H11Cl2NO/c1-16-11-5-9(13)8(4-10(11)14)6-12(7-15)2-3-12/h4-5H,2-3,6H2,1H3. The molecule has 16 heavy (non-hydrogen) atoms. The van der Waals surface area contributed by atoms with Crippen LogP contribution in [0.3, 0.4) is 0 Å². The first-order valence-electron chi connectivity index (χ1n) is 5.03. The van der Waals surface area contributed by atoms with Gasteiger partial charge in [0.05, 0.1) is 23.6 Å². The number of nitrogens with zero attached hydrogens (tertiary/aromatic N) is 1. The molecule has 2 rings (SSSR count). The average Bonchev–Trinajstić information content (AvgIpc) is 3.03. The maximum atomic E-state index is 9.03. The summed E-state index contributed by atoms with van der Waals surface area (Å²) < 4.78 is 5.07. The molecule has 0 saturated heterocycles. The van der Waals surface area contributed by atoms with E-state index in [1.54, 1.807) is 19.2 Å². The van der Waals surface area contributed by atoms with Crippen molar-refractivity contribution in [1.29, 1.82) is 5.26 Å². The zero-order valence-electron chi connectivity index (χ0n) is 8.89. The maximum Gasteiger partial charge on any atom is 0.138 e. The second kappa shape index (κ2) is 4.16. The second-order valence-corrected chi connectivity index (χ2v) is 4.96. The molecule has 4 heteroatoms. The number of hydrogen-bond donors (Lipinski definition) is 0. The van der Waals surface area contributed by atoms with Crippen LogP contribution in [0.25, 0.3) is 0 Å². The molecule has 0 atom stereocenters. The molecule has 0 spiro atoms. The molecule has 0 radical (unpaired) electrons. The minimum absolute atomic E-state index is 0.207. The smallest absolute Gasteiger partial charge is 0.138 e. The Bertz CT molecular complexity index is 461. The maximum absolute atomic E-state index is 9.03. The summed E-state index contributed by atoms with van der Waals surface area (Å²) in [5.74, 6) is 0.567. The third kappa shape index (κ3) is 2.11. The van der Waals surface area contributed by atoms with E-state index >= 15 is 0 Å². The first kappa shape index (κ1) is 11.6. The number of methoxy groups -OCH3 is 1. The molecule has 84 valence electrons. The Kier molecular flexibility index (Phi) is 3.01. The quantitative estimate of drug-likeness (QED) is 0.822. The molecule has 1 aliphatic carbocycles. The molecule has 0 heterocycles. The molecule has 2 nitrogen and oxygen atoms in total. The van der Waals surface area contributed by atoms with Gasteiger partial charge in [-0.2, -0.15) is 5.26 Å². The van der Waals surface area contributed by atoms with Crippen molar-refractivity contribution in [2.75, 3.05) is 7.11 Å². The molecule has 1 aliphatic rings. The second-order valence-electron chi connectivity index (χ2n) is 4.15. The van der Waals surface area contributed by atoms with E-state index in [9.17, 15) is 0 Å². The molecule has 0 bridgehead atoms. The van der Waals surface area contributed by atoms with E-state index in [4.69, 9.17) is 33.2 Å². The molecule has 0 unspecified atom stereocenters. The van der Waals surface area contributed by atoms with Gasteiger partial charge in [-0.3, -0.25) is 0 Å². The molecule has 0 aliphatic heterocycles. The largest absolute Gasteiger partial charge is 0.495 e. The van der Waals surface area contributed by atoms with Gasteiger partial charge in [0, 0.05) is 11.1 Å². The Labute approximate surface area is 105 Å². The number of nitriles is 1. The number of ether oxygens (including phenoxy) is 1. The zero-order chi connectivity index (χ0) is 11.8. The normalized spacial score (nSPS) is 16.6. The van der Waals surface area contributed by atoms with Crippen LogP contribution in [-0.4, -0.2) is 7.11 Å². The summed E-state index contributed by atoms with van der Waals surface area (Å²) in [6, 6.07) is 5.84. The summed E-state index contributed by atoms with van der Waals surface area (Å²) in [6.45, 7) is 0. The SMILES string of the molecule is COc1cc(Cl)c(CC2(C#N)CC2)cc1Cl. The predicted molar refractivity (Wildman–Crippen MR) is 64.0 cm³/mol. The lowest BCUT2D eigenvalue weighted by Crippen LogP contribution is -2.02. The fourth-order valence-corrected chi connectivity index (χ4v) is 2.19. The molecular weight excluding hydrogens is 245 g/mol. The summed E-state index contributed by atoms with van der Waals surface area (Å²) in [5, 5.41) is 10.2. The Morgan fingerprint density at radius 3 is 2.56 bits per heavy atom. The minimum atomic E-state index is -0.207. The van der Waals surface area contributed by atoms with Gasteiger partial charge in [-0.05, 0) is 30.9 Å². The lowest BCUT2D eigenvalue weighted by Gasteiger charge is -2.11. The van der Waals surface area contributed by atoms with Crippen molar-refractivity contribution in [3.8, 4) is 11.8 Å². The first-order valence-corrected chi connectivity index (χ1v) is 5.79. The summed E-state index contributed by atoms with van der Waals surface area (Å²) in [5.41, 5.74) is 0.716. The van der Waals surface area contributed by atoms with Gasteiger partial charge in [0.1, 0.15) is 5.75 Å². The summed E-state index contributed by atoms with van der Waals surface area (Å²) >= 11 is 12.2. The number of benzene rings is 1. The summed E-state index contributed by atoms with van der Waals surface area (Å²) in [7, 11) is 1.55. The van der Waals surface area contributed by atoms with Crippen molar-refractivity contribution < 1.29 is 4.74 Å². The third-order valence-corrected chi connectivity index (χ3v) is 3.59. The lowest BCUT2D eigenvalue weighted by atomic mass is 9.98. The monoisotopic (exact) mass is 255 g/mol. The van der Waals surface area contributed by atoms with Crippen LogP contribution in [0.15, 0.2) is 12.1 Å². The zero-order valence-corrected chi connectivity index (χ0v) is 10.4. The van der Waals surface area contributed by atoms with Crippen molar-refractivity contribution in [2.24, 2.45) is 5.41 Å². The van der Waals surface area contributed by atoms with E-state index in [1.807, 2.05) is 0 Å². The highest BCUT2D eigenvalue weighted by Gasteiger charge is 2.43. The topological polar surface area (TPSA) is 33.0 Å². The van der Waals surface area contributed by atoms with Crippen molar-refractivity contribution in [1.82, 2.24) is 0 Å². The van der Waals surface area contributed by atoms with Gasteiger partial charge in [-0.1, -0.05) is 23.2 Å². The highest BCUT2D eigenvalue weighted by atomic mass is 35.5. The van der Waals surface area contributed by atoms with Crippen molar-refractivity contribution >= 4 is 23.2 Å². The van der Waals surface area contributed by atoms with E-state index in [0.717, 1.165) is 18.4 Å².